The normalized spacial score (nSPS) is 11.0. The number of ether oxygens (including phenoxy) is 1. The molecule has 0 aliphatic heterocycles. The predicted molar refractivity (Wildman–Crippen MR) is 98.1 cm³/mol. The predicted octanol–water partition coefficient (Wildman–Crippen LogP) is 3.34. The molecule has 2 aromatic carbocycles. The van der Waals surface area contributed by atoms with Crippen LogP contribution < -0.4 is 10.1 Å². The van der Waals surface area contributed by atoms with Crippen LogP contribution in [-0.2, 0) is 0 Å². The van der Waals surface area contributed by atoms with Crippen molar-refractivity contribution in [3.8, 4) is 5.75 Å². The Labute approximate surface area is 145 Å². The molecule has 0 spiro atoms. The zero-order valence-electron chi connectivity index (χ0n) is 14.0. The van der Waals surface area contributed by atoms with Gasteiger partial charge in [-0.15, -0.1) is 0 Å². The van der Waals surface area contributed by atoms with Gasteiger partial charge in [-0.05, 0) is 42.6 Å². The Morgan fingerprint density at radius 2 is 1.92 bits per heavy atom. The monoisotopic (exact) mass is 334 g/mol. The minimum atomic E-state index is -0.248. The van der Waals surface area contributed by atoms with Gasteiger partial charge in [-0.3, -0.25) is 14.2 Å². The van der Waals surface area contributed by atoms with Crippen LogP contribution in [0.4, 0.5) is 0 Å². The second-order valence-corrected chi connectivity index (χ2v) is 5.43. The molecule has 5 nitrogen and oxygen atoms in total. The largest absolute Gasteiger partial charge is 0.497 e. The number of fused-ring (bicyclic) bond motifs is 1. The van der Waals surface area contributed by atoms with E-state index in [4.69, 9.17) is 4.74 Å². The highest BCUT2D eigenvalue weighted by molar-refractivity contribution is 6.09. The molecule has 0 unspecified atom stereocenters. The summed E-state index contributed by atoms with van der Waals surface area (Å²) in [5, 5.41) is 3.68. The van der Waals surface area contributed by atoms with Gasteiger partial charge in [0.1, 0.15) is 5.75 Å². The Hall–Kier alpha value is -3.34. The number of aldehydes is 1. The van der Waals surface area contributed by atoms with E-state index in [1.54, 1.807) is 62.8 Å². The molecular formula is C20H18N2O3. The minimum absolute atomic E-state index is 0.248. The van der Waals surface area contributed by atoms with E-state index in [-0.39, 0.29) is 5.91 Å². The van der Waals surface area contributed by atoms with Gasteiger partial charge >= 0.3 is 0 Å². The van der Waals surface area contributed by atoms with Gasteiger partial charge in [0.25, 0.3) is 5.91 Å². The van der Waals surface area contributed by atoms with Crippen molar-refractivity contribution in [2.75, 3.05) is 14.2 Å². The summed E-state index contributed by atoms with van der Waals surface area (Å²) in [6.45, 7) is 0. The summed E-state index contributed by atoms with van der Waals surface area (Å²) < 4.78 is 6.74. The number of nitrogens with zero attached hydrogens (tertiary/aromatic N) is 1. The molecule has 5 heteroatoms. The number of hydrogen-bond acceptors (Lipinski definition) is 4. The van der Waals surface area contributed by atoms with E-state index in [1.807, 2.05) is 12.1 Å². The van der Waals surface area contributed by atoms with Crippen molar-refractivity contribution in [1.82, 2.24) is 9.88 Å². The maximum absolute atomic E-state index is 13.0. The van der Waals surface area contributed by atoms with Crippen LogP contribution in [0.15, 0.2) is 54.7 Å². The molecule has 0 saturated heterocycles. The Balaban J connectivity index is 2.32. The zero-order chi connectivity index (χ0) is 17.8. The first-order valence-corrected chi connectivity index (χ1v) is 7.82. The number of carbonyl (C=O) groups excluding carboxylic acids is 2. The zero-order valence-corrected chi connectivity index (χ0v) is 14.0. The molecule has 0 atom stereocenters. The Bertz CT molecular complexity index is 956. The van der Waals surface area contributed by atoms with Gasteiger partial charge in [0.15, 0.2) is 6.29 Å². The summed E-state index contributed by atoms with van der Waals surface area (Å²) in [7, 11) is 3.35. The minimum Gasteiger partial charge on any atom is -0.497 e. The lowest BCUT2D eigenvalue weighted by Crippen LogP contribution is -2.14. The maximum atomic E-state index is 13.0. The lowest BCUT2D eigenvalue weighted by atomic mass is 10.1. The van der Waals surface area contributed by atoms with Crippen LogP contribution in [0, 0.1) is 0 Å². The van der Waals surface area contributed by atoms with E-state index in [9.17, 15) is 9.59 Å². The van der Waals surface area contributed by atoms with Crippen LogP contribution in [0.3, 0.4) is 0 Å². The summed E-state index contributed by atoms with van der Waals surface area (Å²) in [5.41, 5.74) is 2.15. The highest BCUT2D eigenvalue weighted by Crippen LogP contribution is 2.30. The summed E-state index contributed by atoms with van der Waals surface area (Å²) in [6.07, 6.45) is 4.21. The summed E-state index contributed by atoms with van der Waals surface area (Å²) in [4.78, 5) is 24.8. The molecule has 0 radical (unpaired) electrons. The smallest absolute Gasteiger partial charge is 0.262 e. The fraction of sp³-hybridized carbons (Fsp3) is 0.100. The van der Waals surface area contributed by atoms with Gasteiger partial charge < -0.3 is 10.1 Å². The van der Waals surface area contributed by atoms with Crippen molar-refractivity contribution in [3.63, 3.8) is 0 Å². The number of methoxy groups -OCH3 is 1. The maximum Gasteiger partial charge on any atom is 0.262 e. The molecule has 0 amide bonds. The van der Waals surface area contributed by atoms with E-state index in [0.29, 0.717) is 34.4 Å². The molecule has 0 aliphatic rings. The van der Waals surface area contributed by atoms with Crippen molar-refractivity contribution in [3.05, 3.63) is 71.6 Å². The van der Waals surface area contributed by atoms with Crippen molar-refractivity contribution < 1.29 is 14.3 Å². The average Bonchev–Trinajstić information content (AvgIpc) is 2.98. The second kappa shape index (κ2) is 7.05. The molecule has 1 N–H and O–H groups in total. The molecule has 0 saturated carbocycles. The van der Waals surface area contributed by atoms with Gasteiger partial charge in [-0.2, -0.15) is 0 Å². The Kier molecular flexibility index (Phi) is 4.66. The molecular weight excluding hydrogens is 316 g/mol. The third-order valence-corrected chi connectivity index (χ3v) is 4.00. The quantitative estimate of drug-likeness (QED) is 0.727. The number of hydrogen-bond donors (Lipinski definition) is 1. The molecule has 3 rings (SSSR count). The van der Waals surface area contributed by atoms with Gasteiger partial charge in [-0.25, -0.2) is 0 Å². The van der Waals surface area contributed by atoms with E-state index in [2.05, 4.69) is 5.32 Å². The van der Waals surface area contributed by atoms with E-state index in [0.717, 1.165) is 5.39 Å². The second-order valence-electron chi connectivity index (χ2n) is 5.43. The summed E-state index contributed by atoms with van der Waals surface area (Å²) in [6, 6.07) is 14.3. The number of carbonyl (C=O) groups is 2. The first-order chi connectivity index (χ1) is 12.2. The van der Waals surface area contributed by atoms with E-state index >= 15 is 0 Å². The van der Waals surface area contributed by atoms with Gasteiger partial charge in [0.05, 0.1) is 18.3 Å². The summed E-state index contributed by atoms with van der Waals surface area (Å²) >= 11 is 0. The van der Waals surface area contributed by atoms with Crippen molar-refractivity contribution in [2.24, 2.45) is 0 Å². The molecule has 0 aliphatic carbocycles. The first kappa shape index (κ1) is 16.5. The van der Waals surface area contributed by atoms with Gasteiger partial charge in [0, 0.05) is 23.6 Å². The van der Waals surface area contributed by atoms with Crippen LogP contribution in [0.1, 0.15) is 26.4 Å². The van der Waals surface area contributed by atoms with Crippen molar-refractivity contribution in [1.29, 1.82) is 0 Å². The van der Waals surface area contributed by atoms with Gasteiger partial charge in [0.2, 0.25) is 0 Å². The van der Waals surface area contributed by atoms with Crippen LogP contribution in [-0.4, -0.2) is 30.9 Å². The van der Waals surface area contributed by atoms with Crippen LogP contribution in [0.25, 0.3) is 17.0 Å². The fourth-order valence-electron chi connectivity index (χ4n) is 2.83. The van der Waals surface area contributed by atoms with E-state index < -0.39 is 0 Å². The highest BCUT2D eigenvalue weighted by atomic mass is 16.5. The average molecular weight is 334 g/mol. The lowest BCUT2D eigenvalue weighted by Gasteiger charge is -2.07. The number of benzene rings is 2. The number of aromatic nitrogens is 1. The fourth-order valence-corrected chi connectivity index (χ4v) is 2.83. The first-order valence-electron chi connectivity index (χ1n) is 7.82. The van der Waals surface area contributed by atoms with E-state index in [1.165, 1.54) is 4.57 Å². The molecule has 1 heterocycles. The molecule has 0 fully saturated rings. The Morgan fingerprint density at radius 3 is 2.56 bits per heavy atom. The van der Waals surface area contributed by atoms with Crippen LogP contribution in [0.5, 0.6) is 5.75 Å². The molecule has 0 bridgehead atoms. The van der Waals surface area contributed by atoms with Crippen molar-refractivity contribution >= 4 is 29.2 Å². The summed E-state index contributed by atoms with van der Waals surface area (Å²) in [5.74, 6) is 0.412. The third kappa shape index (κ3) is 2.92. The van der Waals surface area contributed by atoms with Crippen molar-refractivity contribution in [2.45, 2.75) is 0 Å². The topological polar surface area (TPSA) is 60.3 Å². The molecule has 126 valence electrons. The van der Waals surface area contributed by atoms with Crippen LogP contribution >= 0.6 is 0 Å². The third-order valence-electron chi connectivity index (χ3n) is 4.00. The Morgan fingerprint density at radius 1 is 1.16 bits per heavy atom. The van der Waals surface area contributed by atoms with Crippen LogP contribution in [0.2, 0.25) is 0 Å². The molecule has 25 heavy (non-hydrogen) atoms. The molecule has 3 aromatic rings. The number of rotatable bonds is 5. The number of nitrogens with one attached hydrogen (secondary N) is 1. The standard InChI is InChI=1S/C20H18N2O3/c1-21-11-10-16-17-12-15(25-2)8-9-18(17)22(19(16)13-23)20(24)14-6-4-3-5-7-14/h3-13,21H,1-2H3/b11-10-. The molecule has 1 aromatic heterocycles. The highest BCUT2D eigenvalue weighted by Gasteiger charge is 2.21. The van der Waals surface area contributed by atoms with Gasteiger partial charge in [-0.1, -0.05) is 18.2 Å². The lowest BCUT2D eigenvalue weighted by molar-refractivity contribution is 0.0951. The SMILES string of the molecule is CN/C=C\c1c(C=O)n(C(=O)c2ccccc2)c2ccc(OC)cc12.